The number of ether oxygens (including phenoxy) is 12. The molecule has 88 heavy (non-hydrogen) atoms. The number of fused-ring (bicyclic) bond motifs is 2. The van der Waals surface area contributed by atoms with E-state index in [1.165, 1.54) is 44.3 Å². The van der Waals surface area contributed by atoms with E-state index in [4.69, 9.17) is 67.4 Å². The van der Waals surface area contributed by atoms with Gasteiger partial charge in [-0.25, -0.2) is 4.79 Å². The summed E-state index contributed by atoms with van der Waals surface area (Å²) in [6.07, 6.45) is -13.2. The van der Waals surface area contributed by atoms with Gasteiger partial charge in [0.05, 0.1) is 97.0 Å². The van der Waals surface area contributed by atoms with Crippen molar-refractivity contribution in [1.82, 2.24) is 16.1 Å². The Labute approximate surface area is 539 Å². The lowest BCUT2D eigenvalue weighted by Gasteiger charge is -2.46. The molecule has 4 saturated heterocycles. The van der Waals surface area contributed by atoms with Crippen LogP contribution in [0, 0.1) is 34.2 Å². The fraction of sp³-hybridized carbons (Fsp3) is 0.678. The summed E-state index contributed by atoms with van der Waals surface area (Å²) in [5.74, 6) is 11.3. The van der Waals surface area contributed by atoms with Crippen LogP contribution in [0.4, 0.5) is 4.79 Å². The number of likely N-dealkylation sites (N-methyl/N-ethyl adjacent to an activating group) is 1. The van der Waals surface area contributed by atoms with Crippen molar-refractivity contribution in [3.8, 4) is 40.9 Å². The molecule has 4 fully saturated rings. The van der Waals surface area contributed by atoms with Crippen LogP contribution in [-0.4, -0.2) is 224 Å². The van der Waals surface area contributed by atoms with E-state index in [1.807, 2.05) is 29.5 Å². The first-order valence-corrected chi connectivity index (χ1v) is 33.1. The quantitative estimate of drug-likeness (QED) is 0.0236. The minimum Gasteiger partial charge on any atom is -0.492 e. The van der Waals surface area contributed by atoms with Crippen LogP contribution in [0.2, 0.25) is 0 Å². The van der Waals surface area contributed by atoms with Crippen molar-refractivity contribution in [2.24, 2.45) is 5.73 Å². The number of methoxy groups -OCH3 is 5. The fourth-order valence-corrected chi connectivity index (χ4v) is 15.2. The van der Waals surface area contributed by atoms with Crippen molar-refractivity contribution < 1.29 is 102 Å². The number of amides is 1. The van der Waals surface area contributed by atoms with Crippen LogP contribution < -0.4 is 36.1 Å². The van der Waals surface area contributed by atoms with E-state index >= 15 is 0 Å². The Bertz CT molecular complexity index is 2840. The van der Waals surface area contributed by atoms with E-state index in [2.05, 4.69) is 53.6 Å². The average Bonchev–Trinajstić information content (AvgIpc) is 0.881. The zero-order chi connectivity index (χ0) is 64.4. The summed E-state index contributed by atoms with van der Waals surface area (Å²) < 4.78 is 72.6. The molecular weight excluding hydrogens is 1320 g/mol. The largest absolute Gasteiger partial charge is 0.492 e. The molecule has 1 aromatic rings. The molecule has 0 spiro atoms. The van der Waals surface area contributed by atoms with Gasteiger partial charge in [0.15, 0.2) is 41.8 Å². The highest BCUT2D eigenvalue weighted by molar-refractivity contribution is 14.1. The van der Waals surface area contributed by atoms with Gasteiger partial charge in [-0.05, 0) is 101 Å². The standard InChI is InChI=1S/C59H83IN4O21S3/c1-13-62-33-27-78-38(25-37(33)73-8)83-51-46(68)43(29(3)80-56(51)82-36-18-16-14-15-17-20-59(72)26-35(66)44(63-57(71)77-12)41(36)32(59)19-23-86-88-58(6,7)21-22-61)64-85-39-24-34(65)53(31(5)79-39)87-54(70)40-28(2)42(60)49(52(76-11)48(40)74-9)84-55-47(69)50(75-10)45(67)30(4)81-55/h14-15,19,29-31,33-34,36-39,43,45-47,50-51,53,55-56,62,64-65,67-69,72H,13,21-27,61H2,1-12H3,(H,63,71)/b15-14+,32-19+/t29-,30+,31-,33+,34+,36+,37+,38+,39+,43-,45+,46+,47-,50-,51-,53-,55+,56+,59+/m1/s1. The number of nitrogens with two attached hydrogens (primary N) is 1. The number of aliphatic hydroxyl groups excluding tert-OH is 4. The van der Waals surface area contributed by atoms with Crippen LogP contribution >= 0.6 is 55.9 Å². The maximum atomic E-state index is 14.5. The number of allylic oxidation sites excluding steroid dienone is 3. The van der Waals surface area contributed by atoms with Gasteiger partial charge in [-0.1, -0.05) is 70.0 Å². The summed E-state index contributed by atoms with van der Waals surface area (Å²) in [4.78, 5) is 47.9. The number of carbonyl (C=O) groups is 3. The number of Topliss-reactive ketones (excluding diaryl/α,β-unsaturated/α-hetero) is 1. The predicted octanol–water partition coefficient (Wildman–Crippen LogP) is 3.05. The Kier molecular flexibility index (Phi) is 26.6. The third-order valence-corrected chi connectivity index (χ3v) is 21.6. The Balaban J connectivity index is 1.13. The summed E-state index contributed by atoms with van der Waals surface area (Å²) in [6, 6.07) is -1.29. The molecule has 1 amide bonds. The second kappa shape index (κ2) is 32.5. The number of hydroxylamine groups is 1. The number of aliphatic hydroxyl groups is 5. The molecule has 0 aromatic heterocycles. The number of nitrogens with one attached hydrogen (secondary N) is 3. The molecule has 10 N–H and O–H groups in total. The Morgan fingerprint density at radius 1 is 0.898 bits per heavy atom. The number of ketones is 1. The summed E-state index contributed by atoms with van der Waals surface area (Å²) in [6.45, 7) is 14.0. The van der Waals surface area contributed by atoms with Crippen molar-refractivity contribution in [2.45, 2.75) is 194 Å². The van der Waals surface area contributed by atoms with Crippen molar-refractivity contribution in [2.75, 3.05) is 61.0 Å². The Morgan fingerprint density at radius 3 is 2.27 bits per heavy atom. The van der Waals surface area contributed by atoms with E-state index in [-0.39, 0.29) is 76.0 Å². The molecule has 2 aliphatic carbocycles. The highest BCUT2D eigenvalue weighted by atomic mass is 127. The number of alkyl carbamates (subject to hydrolysis) is 1. The lowest BCUT2D eigenvalue weighted by Crippen LogP contribution is -2.65. The van der Waals surface area contributed by atoms with E-state index in [0.29, 0.717) is 28.0 Å². The summed E-state index contributed by atoms with van der Waals surface area (Å²) in [5, 5.41) is 63.0. The normalized spacial score (nSPS) is 35.0. The molecule has 6 aliphatic rings. The maximum Gasteiger partial charge on any atom is 0.411 e. The monoisotopic (exact) mass is 1410 g/mol. The average molecular weight is 1410 g/mol. The number of halogens is 1. The number of hydrogen-bond acceptors (Lipinski definition) is 27. The summed E-state index contributed by atoms with van der Waals surface area (Å²) >= 11 is 2.82. The first-order valence-electron chi connectivity index (χ1n) is 28.8. The number of hydrogen-bond donors (Lipinski definition) is 9. The molecule has 25 nitrogen and oxygen atoms in total. The van der Waals surface area contributed by atoms with Gasteiger partial charge in [0.2, 0.25) is 17.2 Å². The molecule has 2 bridgehead atoms. The first-order chi connectivity index (χ1) is 41.9. The fourth-order valence-electron chi connectivity index (χ4n) is 11.0. The summed E-state index contributed by atoms with van der Waals surface area (Å²) in [5.41, 5.74) is 7.13. The Morgan fingerprint density at radius 2 is 1.61 bits per heavy atom. The molecule has 4 heterocycles. The van der Waals surface area contributed by atoms with Crippen LogP contribution in [0.1, 0.15) is 83.1 Å². The number of thioether (sulfide) groups is 1. The predicted molar refractivity (Wildman–Crippen MR) is 334 cm³/mol. The van der Waals surface area contributed by atoms with E-state index in [9.17, 15) is 39.9 Å². The molecule has 7 rings (SSSR count). The van der Waals surface area contributed by atoms with Gasteiger partial charge in [-0.3, -0.25) is 19.7 Å². The number of carbonyl (C=O) groups excluding carboxylic acids is 3. The van der Waals surface area contributed by atoms with Crippen molar-refractivity contribution in [3.63, 3.8) is 0 Å². The van der Waals surface area contributed by atoms with Crippen LogP contribution in [0.3, 0.4) is 0 Å². The first kappa shape index (κ1) is 72.1. The van der Waals surface area contributed by atoms with Gasteiger partial charge in [-0.15, -0.1) is 0 Å². The van der Waals surface area contributed by atoms with Gasteiger partial charge in [0.1, 0.15) is 36.6 Å². The van der Waals surface area contributed by atoms with Gasteiger partial charge in [0.25, 0.3) is 0 Å². The second-order valence-electron chi connectivity index (χ2n) is 22.2. The van der Waals surface area contributed by atoms with Crippen LogP contribution in [0.25, 0.3) is 0 Å². The smallest absolute Gasteiger partial charge is 0.411 e. The van der Waals surface area contributed by atoms with Gasteiger partial charge in [0, 0.05) is 48.7 Å². The lowest BCUT2D eigenvalue weighted by atomic mass is 9.75. The summed E-state index contributed by atoms with van der Waals surface area (Å²) in [7, 11) is 9.87. The molecule has 4 aliphatic heterocycles. The zero-order valence-corrected chi connectivity index (χ0v) is 55.8. The van der Waals surface area contributed by atoms with E-state index in [1.54, 1.807) is 51.7 Å². The van der Waals surface area contributed by atoms with Gasteiger partial charge < -0.3 is 93.4 Å². The van der Waals surface area contributed by atoms with Crippen LogP contribution in [-0.2, 0) is 52.3 Å². The SMILES string of the molecule is CCN[C@H]1CO[C@@H](O[C@H]2[C@H](O[C@H]3C#C/C=C/C#C[C@]4(O)CC(=O)C(NC(=O)OC)=C3/C4=C\CSSC(C)(C)CCN)O[C@H](C)[C@@H](NO[C@H]3C[C@H](O)[C@H](SC(=O)c4c(C)c(I)c(O[C@@H]5O[C@@H](C)[C@H](O)[C@@H](OC)[C@H]5O)c(OC)c4OC)[C@@H](C)O3)[C@@H]2O)C[C@@H]1OC. The van der Waals surface area contributed by atoms with Crippen molar-refractivity contribution in [1.29, 1.82) is 0 Å². The molecule has 29 heteroatoms. The molecule has 19 atom stereocenters. The maximum absolute atomic E-state index is 14.5. The highest BCUT2D eigenvalue weighted by Gasteiger charge is 2.52. The molecule has 0 unspecified atom stereocenters. The topological polar surface area (TPSA) is 334 Å². The van der Waals surface area contributed by atoms with E-state index < -0.39 is 127 Å². The molecule has 1 aromatic carbocycles. The number of benzene rings is 1. The minimum atomic E-state index is -2.09. The minimum absolute atomic E-state index is 0.0243. The molecule has 0 radical (unpaired) electrons. The zero-order valence-electron chi connectivity index (χ0n) is 51.2. The Hall–Kier alpha value is -3.33. The number of rotatable bonds is 24. The third-order valence-electron chi connectivity index (χ3n) is 15.7. The van der Waals surface area contributed by atoms with Gasteiger partial charge in [-0.2, -0.15) is 5.48 Å². The highest BCUT2D eigenvalue weighted by Crippen LogP contribution is 2.49. The second-order valence-corrected chi connectivity index (χ2v) is 27.5. The van der Waals surface area contributed by atoms with Crippen LogP contribution in [0.15, 0.2) is 35.1 Å². The van der Waals surface area contributed by atoms with Crippen molar-refractivity contribution in [3.05, 3.63) is 49.8 Å². The lowest BCUT2D eigenvalue weighted by molar-refractivity contribution is -0.336. The molecule has 0 saturated carbocycles. The molecule has 490 valence electrons. The third kappa shape index (κ3) is 16.9. The van der Waals surface area contributed by atoms with E-state index in [0.717, 1.165) is 25.3 Å². The van der Waals surface area contributed by atoms with Crippen molar-refractivity contribution >= 4 is 72.9 Å². The molecular formula is C59H83IN4O21S3. The van der Waals surface area contributed by atoms with Crippen LogP contribution in [0.5, 0.6) is 17.2 Å². The van der Waals surface area contributed by atoms with Gasteiger partial charge >= 0.3 is 6.09 Å².